The summed E-state index contributed by atoms with van der Waals surface area (Å²) in [6.45, 7) is 2.34. The van der Waals surface area contributed by atoms with Crippen LogP contribution in [-0.2, 0) is 27.9 Å². The maximum atomic E-state index is 11.6. The number of nitrogens with one attached hydrogen (secondary N) is 1. The molecule has 0 aromatic carbocycles. The molecule has 0 heterocycles. The summed E-state index contributed by atoms with van der Waals surface area (Å²) >= 11 is 0. The van der Waals surface area contributed by atoms with Gasteiger partial charge in [0, 0.05) is 19.9 Å². The highest BCUT2D eigenvalue weighted by atomic mass is 31.2. The average molecular weight is 397 g/mol. The van der Waals surface area contributed by atoms with Crippen LogP contribution >= 0.6 is 7.82 Å². The molecule has 0 fully saturated rings. The molecule has 0 aliphatic rings. The van der Waals surface area contributed by atoms with Gasteiger partial charge in [0.05, 0.1) is 13.2 Å². The van der Waals surface area contributed by atoms with Crippen LogP contribution in [0.25, 0.3) is 0 Å². The first-order valence-electron chi connectivity index (χ1n) is 8.97. The highest BCUT2D eigenvalue weighted by Gasteiger charge is 2.23. The molecule has 9 nitrogen and oxygen atoms in total. The van der Waals surface area contributed by atoms with E-state index in [9.17, 15) is 24.2 Å². The lowest BCUT2D eigenvalue weighted by atomic mass is 10.1. The van der Waals surface area contributed by atoms with Gasteiger partial charge < -0.3 is 20.1 Å². The van der Waals surface area contributed by atoms with Crippen molar-refractivity contribution in [2.45, 2.75) is 64.9 Å². The zero-order chi connectivity index (χ0) is 19.8. The largest absolute Gasteiger partial charge is 0.472 e. The van der Waals surface area contributed by atoms with Gasteiger partial charge in [-0.1, -0.05) is 39.0 Å². The summed E-state index contributed by atoms with van der Waals surface area (Å²) in [6.07, 6.45) is 5.73. The first-order chi connectivity index (χ1) is 12.3. The van der Waals surface area contributed by atoms with Crippen molar-refractivity contribution in [2.75, 3.05) is 26.4 Å². The summed E-state index contributed by atoms with van der Waals surface area (Å²) in [5, 5.41) is 12.0. The number of rotatable bonds is 16. The number of aliphatic hydroxyl groups is 1. The second kappa shape index (κ2) is 15.1. The molecule has 2 atom stereocenters. The van der Waals surface area contributed by atoms with Crippen LogP contribution < -0.4 is 5.32 Å². The molecule has 0 bridgehead atoms. The number of ether oxygens (including phenoxy) is 1. The average Bonchev–Trinajstić information content (AvgIpc) is 2.58. The van der Waals surface area contributed by atoms with E-state index in [0.717, 1.165) is 19.3 Å². The number of aliphatic hydroxyl groups excluding tert-OH is 1. The van der Waals surface area contributed by atoms with Gasteiger partial charge >= 0.3 is 13.8 Å². The molecule has 26 heavy (non-hydrogen) atoms. The van der Waals surface area contributed by atoms with Crippen LogP contribution in [0, 0.1) is 0 Å². The van der Waals surface area contributed by atoms with Gasteiger partial charge in [0.25, 0.3) is 0 Å². The Balaban J connectivity index is 3.69. The van der Waals surface area contributed by atoms with E-state index in [0.29, 0.717) is 6.42 Å². The number of phosphoric ester groups is 1. The van der Waals surface area contributed by atoms with E-state index >= 15 is 0 Å². The Kier molecular flexibility index (Phi) is 14.5. The first kappa shape index (κ1) is 25.0. The van der Waals surface area contributed by atoms with E-state index in [4.69, 9.17) is 0 Å². The van der Waals surface area contributed by atoms with Gasteiger partial charge in [0.2, 0.25) is 5.91 Å². The van der Waals surface area contributed by atoms with Gasteiger partial charge in [0.1, 0.15) is 12.7 Å². The molecule has 2 unspecified atom stereocenters. The topological polar surface area (TPSA) is 131 Å². The van der Waals surface area contributed by atoms with Crippen LogP contribution in [0.4, 0.5) is 0 Å². The van der Waals surface area contributed by atoms with Gasteiger partial charge in [-0.2, -0.15) is 0 Å². The van der Waals surface area contributed by atoms with Crippen LogP contribution in [0.5, 0.6) is 0 Å². The predicted octanol–water partition coefficient (Wildman–Crippen LogP) is 1.91. The predicted molar refractivity (Wildman–Crippen MR) is 95.4 cm³/mol. The molecule has 0 aliphatic carbocycles. The lowest BCUT2D eigenvalue weighted by Gasteiger charge is -2.15. The molecular weight excluding hydrogens is 365 g/mol. The Hall–Kier alpha value is -0.990. The molecule has 0 aromatic rings. The summed E-state index contributed by atoms with van der Waals surface area (Å²) < 4.78 is 25.4. The maximum Gasteiger partial charge on any atom is 0.472 e. The number of phosphoric acid groups is 1. The lowest BCUT2D eigenvalue weighted by molar-refractivity contribution is -0.144. The summed E-state index contributed by atoms with van der Waals surface area (Å²) in [6, 6.07) is 0. The van der Waals surface area contributed by atoms with Crippen LogP contribution in [0.2, 0.25) is 0 Å². The fourth-order valence-corrected chi connectivity index (χ4v) is 2.74. The number of carbonyl (C=O) groups excluding carboxylic acids is 2. The molecule has 1 amide bonds. The molecule has 10 heteroatoms. The first-order valence-corrected chi connectivity index (χ1v) is 10.5. The van der Waals surface area contributed by atoms with Crippen molar-refractivity contribution in [2.24, 2.45) is 0 Å². The monoisotopic (exact) mass is 397 g/mol. The minimum atomic E-state index is -4.34. The van der Waals surface area contributed by atoms with Crippen LogP contribution in [0.15, 0.2) is 0 Å². The second-order valence-electron chi connectivity index (χ2n) is 5.92. The Morgan fingerprint density at radius 3 is 2.38 bits per heavy atom. The number of amides is 1. The molecule has 0 rings (SSSR count). The zero-order valence-corrected chi connectivity index (χ0v) is 16.5. The standard InChI is InChI=1S/C16H32NO8P/c1-3-4-5-6-7-8-9-16(20)17-10-11-24-26(21,22)25-13-15(19)12-23-14(2)18/h15,19H,3-13H2,1-2H3,(H,17,20)(H,21,22). The van der Waals surface area contributed by atoms with E-state index in [-0.39, 0.29) is 25.7 Å². The molecule has 0 spiro atoms. The summed E-state index contributed by atoms with van der Waals surface area (Å²) in [7, 11) is -4.34. The highest BCUT2D eigenvalue weighted by molar-refractivity contribution is 7.47. The van der Waals surface area contributed by atoms with Crippen molar-refractivity contribution in [3.05, 3.63) is 0 Å². The van der Waals surface area contributed by atoms with Gasteiger partial charge in [-0.25, -0.2) is 4.57 Å². The smallest absolute Gasteiger partial charge is 0.463 e. The minimum Gasteiger partial charge on any atom is -0.463 e. The zero-order valence-electron chi connectivity index (χ0n) is 15.6. The van der Waals surface area contributed by atoms with E-state index in [1.807, 2.05) is 0 Å². The van der Waals surface area contributed by atoms with Gasteiger partial charge in [-0.05, 0) is 6.42 Å². The number of carbonyl (C=O) groups is 2. The fraction of sp³-hybridized carbons (Fsp3) is 0.875. The summed E-state index contributed by atoms with van der Waals surface area (Å²) in [4.78, 5) is 31.6. The third-order valence-corrected chi connectivity index (χ3v) is 4.33. The number of hydrogen-bond acceptors (Lipinski definition) is 7. The van der Waals surface area contributed by atoms with Gasteiger partial charge in [-0.15, -0.1) is 0 Å². The van der Waals surface area contributed by atoms with E-state index < -0.39 is 26.5 Å². The SMILES string of the molecule is CCCCCCCCC(=O)NCCOP(=O)(O)OCC(O)COC(C)=O. The van der Waals surface area contributed by atoms with Crippen LogP contribution in [-0.4, -0.2) is 54.3 Å². The Morgan fingerprint density at radius 1 is 1.08 bits per heavy atom. The van der Waals surface area contributed by atoms with Crippen molar-refractivity contribution in [1.82, 2.24) is 5.32 Å². The molecule has 154 valence electrons. The molecule has 0 radical (unpaired) electrons. The summed E-state index contributed by atoms with van der Waals surface area (Å²) in [5.74, 6) is -0.709. The molecular formula is C16H32NO8P. The summed E-state index contributed by atoms with van der Waals surface area (Å²) in [5.41, 5.74) is 0. The Bertz CT molecular complexity index is 446. The quantitative estimate of drug-likeness (QED) is 0.204. The molecule has 3 N–H and O–H groups in total. The van der Waals surface area contributed by atoms with E-state index in [1.165, 1.54) is 26.2 Å². The number of hydrogen-bond donors (Lipinski definition) is 3. The highest BCUT2D eigenvalue weighted by Crippen LogP contribution is 2.42. The van der Waals surface area contributed by atoms with Gasteiger partial charge in [-0.3, -0.25) is 18.6 Å². The fourth-order valence-electron chi connectivity index (χ4n) is 1.98. The van der Waals surface area contributed by atoms with Crippen molar-refractivity contribution in [3.8, 4) is 0 Å². The second-order valence-corrected chi connectivity index (χ2v) is 7.38. The minimum absolute atomic E-state index is 0.0819. The lowest BCUT2D eigenvalue weighted by Crippen LogP contribution is -2.27. The van der Waals surface area contributed by atoms with Crippen molar-refractivity contribution in [3.63, 3.8) is 0 Å². The molecule has 0 aromatic heterocycles. The van der Waals surface area contributed by atoms with Crippen molar-refractivity contribution < 1.29 is 37.9 Å². The van der Waals surface area contributed by atoms with Gasteiger partial charge in [0.15, 0.2) is 0 Å². The number of esters is 1. The van der Waals surface area contributed by atoms with E-state index in [1.54, 1.807) is 0 Å². The molecule has 0 saturated carbocycles. The van der Waals surface area contributed by atoms with Crippen LogP contribution in [0.1, 0.15) is 58.8 Å². The maximum absolute atomic E-state index is 11.6. The third kappa shape index (κ3) is 16.5. The number of unbranched alkanes of at least 4 members (excludes halogenated alkanes) is 5. The molecule has 0 aliphatic heterocycles. The van der Waals surface area contributed by atoms with Crippen molar-refractivity contribution >= 4 is 19.7 Å². The Morgan fingerprint density at radius 2 is 1.73 bits per heavy atom. The third-order valence-electron chi connectivity index (χ3n) is 3.35. The normalized spacial score (nSPS) is 14.5. The van der Waals surface area contributed by atoms with Crippen molar-refractivity contribution in [1.29, 1.82) is 0 Å². The van der Waals surface area contributed by atoms with E-state index in [2.05, 4.69) is 26.0 Å². The van der Waals surface area contributed by atoms with Crippen LogP contribution in [0.3, 0.4) is 0 Å². The molecule has 0 saturated heterocycles. The Labute approximate surface area is 155 Å².